The van der Waals surface area contributed by atoms with Gasteiger partial charge in [0.1, 0.15) is 0 Å². The summed E-state index contributed by atoms with van der Waals surface area (Å²) in [6.45, 7) is 7.82. The van der Waals surface area contributed by atoms with Crippen LogP contribution in [0, 0.1) is 0 Å². The molecule has 2 nitrogen and oxygen atoms in total. The van der Waals surface area contributed by atoms with Gasteiger partial charge in [0.2, 0.25) is 0 Å². The summed E-state index contributed by atoms with van der Waals surface area (Å²) < 4.78 is 5.16. The minimum atomic E-state index is -0.303. The Morgan fingerprint density at radius 1 is 1.67 bits per heavy atom. The van der Waals surface area contributed by atoms with Crippen molar-refractivity contribution in [2.24, 2.45) is 0 Å². The third kappa shape index (κ3) is 4.18. The van der Waals surface area contributed by atoms with Crippen molar-refractivity contribution in [3.05, 3.63) is 12.7 Å². The quantitative estimate of drug-likeness (QED) is 0.574. The third-order valence-corrected chi connectivity index (χ3v) is 1.06. The van der Waals surface area contributed by atoms with Gasteiger partial charge in [-0.2, -0.15) is 0 Å². The lowest BCUT2D eigenvalue weighted by atomic mass is 10.1. The summed E-state index contributed by atoms with van der Waals surface area (Å²) in [5, 5.41) is 8.37. The lowest BCUT2D eigenvalue weighted by molar-refractivity contribution is -0.0000975. The van der Waals surface area contributed by atoms with Gasteiger partial charge >= 0.3 is 0 Å². The molecule has 0 aromatic rings. The van der Waals surface area contributed by atoms with Crippen molar-refractivity contribution in [1.29, 1.82) is 0 Å². The Bertz CT molecular complexity index is 86.9. The summed E-state index contributed by atoms with van der Waals surface area (Å²) in [5.74, 6) is 0. The maximum Gasteiger partial charge on any atom is 0.0804 e. The molecule has 0 saturated heterocycles. The average molecular weight is 130 g/mol. The molecular formula is C7H14O2. The van der Waals surface area contributed by atoms with Gasteiger partial charge in [0.25, 0.3) is 0 Å². The van der Waals surface area contributed by atoms with Crippen LogP contribution in [0.15, 0.2) is 12.7 Å². The Hall–Kier alpha value is -0.340. The van der Waals surface area contributed by atoms with Crippen LogP contribution in [0.4, 0.5) is 0 Å². The maximum absolute atomic E-state index is 8.37. The smallest absolute Gasteiger partial charge is 0.0804 e. The van der Waals surface area contributed by atoms with Crippen molar-refractivity contribution in [3.63, 3.8) is 0 Å². The summed E-state index contributed by atoms with van der Waals surface area (Å²) in [6, 6.07) is 0. The highest BCUT2D eigenvalue weighted by Gasteiger charge is 2.10. The van der Waals surface area contributed by atoms with E-state index in [9.17, 15) is 0 Å². The molecule has 0 aromatic heterocycles. The Balaban J connectivity index is 3.45. The first-order valence-electron chi connectivity index (χ1n) is 3.01. The van der Waals surface area contributed by atoms with E-state index in [-0.39, 0.29) is 12.2 Å². The van der Waals surface area contributed by atoms with Crippen molar-refractivity contribution >= 4 is 0 Å². The summed E-state index contributed by atoms with van der Waals surface area (Å²) >= 11 is 0. The Morgan fingerprint density at radius 3 is 2.56 bits per heavy atom. The van der Waals surface area contributed by atoms with E-state index in [1.807, 2.05) is 13.8 Å². The van der Waals surface area contributed by atoms with Gasteiger partial charge in [-0.3, -0.25) is 0 Å². The van der Waals surface area contributed by atoms with Gasteiger partial charge in [-0.15, -0.1) is 6.58 Å². The minimum absolute atomic E-state index is 0.0667. The van der Waals surface area contributed by atoms with Gasteiger partial charge in [-0.05, 0) is 13.8 Å². The average Bonchev–Trinajstić information content (AvgIpc) is 1.84. The fraction of sp³-hybridized carbons (Fsp3) is 0.714. The molecule has 0 heterocycles. The second-order valence-corrected chi connectivity index (χ2v) is 2.38. The molecule has 0 fully saturated rings. The second-order valence-electron chi connectivity index (χ2n) is 2.38. The summed E-state index contributed by atoms with van der Waals surface area (Å²) in [7, 11) is 0. The fourth-order valence-corrected chi connectivity index (χ4v) is 0.368. The molecule has 54 valence electrons. The molecule has 0 saturated carbocycles. The number of hydrogen-bond acceptors (Lipinski definition) is 2. The number of rotatable bonds is 4. The van der Waals surface area contributed by atoms with Crippen molar-refractivity contribution in [3.8, 4) is 0 Å². The predicted octanol–water partition coefficient (Wildman–Crippen LogP) is 0.960. The van der Waals surface area contributed by atoms with E-state index in [2.05, 4.69) is 6.58 Å². The van der Waals surface area contributed by atoms with Crippen LogP contribution in [0.2, 0.25) is 0 Å². The van der Waals surface area contributed by atoms with Crippen molar-refractivity contribution in [2.45, 2.75) is 19.4 Å². The van der Waals surface area contributed by atoms with E-state index >= 15 is 0 Å². The van der Waals surface area contributed by atoms with Crippen molar-refractivity contribution in [1.82, 2.24) is 0 Å². The van der Waals surface area contributed by atoms with Crippen molar-refractivity contribution < 1.29 is 9.84 Å². The first-order chi connectivity index (χ1) is 4.12. The summed E-state index contributed by atoms with van der Waals surface area (Å²) in [5.41, 5.74) is -0.303. The molecule has 1 N–H and O–H groups in total. The van der Waals surface area contributed by atoms with Gasteiger partial charge in [0.15, 0.2) is 0 Å². The molecule has 0 unspecified atom stereocenters. The normalized spacial score (nSPS) is 11.4. The molecule has 2 heteroatoms. The van der Waals surface area contributed by atoms with Gasteiger partial charge in [-0.1, -0.05) is 6.08 Å². The minimum Gasteiger partial charge on any atom is -0.394 e. The first-order valence-corrected chi connectivity index (χ1v) is 3.01. The summed E-state index contributed by atoms with van der Waals surface area (Å²) in [4.78, 5) is 0. The third-order valence-electron chi connectivity index (χ3n) is 1.06. The molecular weight excluding hydrogens is 116 g/mol. The van der Waals surface area contributed by atoms with Gasteiger partial charge in [0.05, 0.1) is 18.8 Å². The number of ether oxygens (including phenoxy) is 1. The van der Waals surface area contributed by atoms with E-state index in [1.54, 1.807) is 6.08 Å². The zero-order chi connectivity index (χ0) is 7.33. The molecule has 9 heavy (non-hydrogen) atoms. The van der Waals surface area contributed by atoms with Gasteiger partial charge < -0.3 is 9.84 Å². The molecule has 0 bridgehead atoms. The molecule has 0 aliphatic heterocycles. The van der Waals surface area contributed by atoms with E-state index in [0.717, 1.165) is 0 Å². The molecule has 0 aliphatic carbocycles. The van der Waals surface area contributed by atoms with Crippen molar-refractivity contribution in [2.75, 3.05) is 13.2 Å². The van der Waals surface area contributed by atoms with Crippen LogP contribution in [0.5, 0.6) is 0 Å². The van der Waals surface area contributed by atoms with E-state index < -0.39 is 0 Å². The van der Waals surface area contributed by atoms with E-state index in [1.165, 1.54) is 0 Å². The van der Waals surface area contributed by atoms with Crippen LogP contribution >= 0.6 is 0 Å². The van der Waals surface area contributed by atoms with Crippen LogP contribution in [0.3, 0.4) is 0 Å². The Morgan fingerprint density at radius 2 is 2.22 bits per heavy atom. The lowest BCUT2D eigenvalue weighted by Crippen LogP contribution is -2.22. The molecule has 0 aromatic carbocycles. The molecule has 0 rings (SSSR count). The van der Waals surface area contributed by atoms with Crippen LogP contribution in [-0.4, -0.2) is 23.9 Å². The van der Waals surface area contributed by atoms with E-state index in [0.29, 0.717) is 6.61 Å². The number of hydrogen-bond donors (Lipinski definition) is 1. The standard InChI is InChI=1S/C7H14O2/c1-4-7(2,3)9-6-5-8/h4,8H,1,5-6H2,2-3H3. The Kier molecular flexibility index (Phi) is 3.50. The van der Waals surface area contributed by atoms with Crippen LogP contribution in [0.1, 0.15) is 13.8 Å². The van der Waals surface area contributed by atoms with Crippen LogP contribution in [0.25, 0.3) is 0 Å². The highest BCUT2D eigenvalue weighted by molar-refractivity contribution is 4.89. The topological polar surface area (TPSA) is 29.5 Å². The molecule has 0 aliphatic rings. The maximum atomic E-state index is 8.37. The number of aliphatic hydroxyl groups is 1. The monoisotopic (exact) mass is 130 g/mol. The molecule has 0 radical (unpaired) electrons. The number of aliphatic hydroxyl groups excluding tert-OH is 1. The highest BCUT2D eigenvalue weighted by Crippen LogP contribution is 2.08. The second kappa shape index (κ2) is 3.64. The summed E-state index contributed by atoms with van der Waals surface area (Å²) in [6.07, 6.45) is 1.71. The molecule has 0 amide bonds. The highest BCUT2D eigenvalue weighted by atomic mass is 16.5. The van der Waals surface area contributed by atoms with Gasteiger partial charge in [0, 0.05) is 0 Å². The fourth-order valence-electron chi connectivity index (χ4n) is 0.368. The molecule has 0 atom stereocenters. The zero-order valence-corrected chi connectivity index (χ0v) is 6.05. The van der Waals surface area contributed by atoms with Gasteiger partial charge in [-0.25, -0.2) is 0 Å². The van der Waals surface area contributed by atoms with Crippen LogP contribution in [-0.2, 0) is 4.74 Å². The first kappa shape index (κ1) is 8.66. The predicted molar refractivity (Wildman–Crippen MR) is 37.3 cm³/mol. The SMILES string of the molecule is C=CC(C)(C)OCCO. The zero-order valence-electron chi connectivity index (χ0n) is 6.05. The van der Waals surface area contributed by atoms with Crippen LogP contribution < -0.4 is 0 Å². The van der Waals surface area contributed by atoms with E-state index in [4.69, 9.17) is 9.84 Å². The Labute approximate surface area is 56.1 Å². The largest absolute Gasteiger partial charge is 0.394 e. The lowest BCUT2D eigenvalue weighted by Gasteiger charge is -2.19. The molecule has 0 spiro atoms.